The SMILES string of the molecule is CC(C)(C)OC(=O)NCCOCCOCCOCCOCCn1cc(N)cn1. The van der Waals surface area contributed by atoms with Crippen molar-refractivity contribution < 1.29 is 28.5 Å². The van der Waals surface area contributed by atoms with Crippen LogP contribution in [0.1, 0.15) is 20.8 Å². The van der Waals surface area contributed by atoms with Gasteiger partial charge in [0, 0.05) is 12.7 Å². The summed E-state index contributed by atoms with van der Waals surface area (Å²) in [4.78, 5) is 11.4. The molecule has 1 amide bonds. The van der Waals surface area contributed by atoms with Gasteiger partial charge in [0.05, 0.1) is 71.3 Å². The van der Waals surface area contributed by atoms with Crippen LogP contribution in [0.2, 0.25) is 0 Å². The highest BCUT2D eigenvalue weighted by molar-refractivity contribution is 5.67. The van der Waals surface area contributed by atoms with Gasteiger partial charge in [0.25, 0.3) is 0 Å². The van der Waals surface area contributed by atoms with E-state index >= 15 is 0 Å². The lowest BCUT2D eigenvalue weighted by Crippen LogP contribution is -2.34. The van der Waals surface area contributed by atoms with Crippen LogP contribution in [0, 0.1) is 0 Å². The second-order valence-corrected chi connectivity index (χ2v) is 6.91. The highest BCUT2D eigenvalue weighted by atomic mass is 16.6. The minimum Gasteiger partial charge on any atom is -0.444 e. The molecule has 162 valence electrons. The van der Waals surface area contributed by atoms with E-state index in [9.17, 15) is 4.79 Å². The van der Waals surface area contributed by atoms with E-state index in [2.05, 4.69) is 10.4 Å². The predicted molar refractivity (Wildman–Crippen MR) is 104 cm³/mol. The molecule has 0 spiro atoms. The monoisotopic (exact) mass is 402 g/mol. The number of carbonyl (C=O) groups is 1. The second-order valence-electron chi connectivity index (χ2n) is 6.91. The molecule has 3 N–H and O–H groups in total. The number of anilines is 1. The molecule has 0 aliphatic rings. The van der Waals surface area contributed by atoms with Crippen molar-refractivity contribution in [3.8, 4) is 0 Å². The number of nitrogens with one attached hydrogen (secondary N) is 1. The van der Waals surface area contributed by atoms with Crippen LogP contribution >= 0.6 is 0 Å². The standard InChI is InChI=1S/C18H34N4O6/c1-18(2,3)28-17(23)20-4-6-24-8-10-26-12-13-27-11-9-25-7-5-22-15-16(19)14-21-22/h14-15H,4-13,19H2,1-3H3,(H,20,23). The Morgan fingerprint density at radius 3 is 2.04 bits per heavy atom. The number of nitrogen functional groups attached to an aromatic ring is 1. The van der Waals surface area contributed by atoms with Crippen molar-refractivity contribution in [2.75, 3.05) is 65.1 Å². The number of nitrogens with zero attached hydrogens (tertiary/aromatic N) is 2. The Morgan fingerprint density at radius 1 is 1.00 bits per heavy atom. The molecule has 0 aliphatic heterocycles. The fourth-order valence-corrected chi connectivity index (χ4v) is 1.96. The third-order valence-corrected chi connectivity index (χ3v) is 3.15. The molecule has 0 saturated heterocycles. The Bertz CT molecular complexity index is 532. The van der Waals surface area contributed by atoms with Crippen molar-refractivity contribution in [2.24, 2.45) is 0 Å². The summed E-state index contributed by atoms with van der Waals surface area (Å²) in [6, 6.07) is 0. The molecule has 0 unspecified atom stereocenters. The highest BCUT2D eigenvalue weighted by Gasteiger charge is 2.15. The summed E-state index contributed by atoms with van der Waals surface area (Å²) >= 11 is 0. The lowest BCUT2D eigenvalue weighted by Gasteiger charge is -2.19. The van der Waals surface area contributed by atoms with Crippen LogP contribution in [0.5, 0.6) is 0 Å². The molecule has 28 heavy (non-hydrogen) atoms. The molecule has 0 radical (unpaired) electrons. The summed E-state index contributed by atoms with van der Waals surface area (Å²) in [5, 5.41) is 6.68. The van der Waals surface area contributed by atoms with Gasteiger partial charge >= 0.3 is 6.09 Å². The number of hydrogen-bond donors (Lipinski definition) is 2. The topological polar surface area (TPSA) is 119 Å². The first-order chi connectivity index (χ1) is 13.4. The number of amides is 1. The Morgan fingerprint density at radius 2 is 1.54 bits per heavy atom. The van der Waals surface area contributed by atoms with E-state index in [1.807, 2.05) is 20.8 Å². The molecule has 1 aromatic rings. The van der Waals surface area contributed by atoms with Gasteiger partial charge in [-0.2, -0.15) is 5.10 Å². The second kappa shape index (κ2) is 14.2. The first kappa shape index (κ1) is 24.2. The van der Waals surface area contributed by atoms with E-state index in [-0.39, 0.29) is 0 Å². The third-order valence-electron chi connectivity index (χ3n) is 3.15. The van der Waals surface area contributed by atoms with Gasteiger partial charge in [-0.1, -0.05) is 0 Å². The van der Waals surface area contributed by atoms with Gasteiger partial charge in [-0.05, 0) is 20.8 Å². The number of carbonyl (C=O) groups excluding carboxylic acids is 1. The van der Waals surface area contributed by atoms with Gasteiger partial charge < -0.3 is 34.7 Å². The van der Waals surface area contributed by atoms with Crippen LogP contribution in [0.4, 0.5) is 10.5 Å². The smallest absolute Gasteiger partial charge is 0.407 e. The maximum atomic E-state index is 11.4. The van der Waals surface area contributed by atoms with E-state index < -0.39 is 11.7 Å². The maximum Gasteiger partial charge on any atom is 0.407 e. The maximum absolute atomic E-state index is 11.4. The van der Waals surface area contributed by atoms with E-state index in [0.717, 1.165) is 0 Å². The van der Waals surface area contributed by atoms with Crippen molar-refractivity contribution in [2.45, 2.75) is 32.9 Å². The Balaban J connectivity index is 1.75. The number of aromatic nitrogens is 2. The summed E-state index contributed by atoms with van der Waals surface area (Å²) in [5.74, 6) is 0. The molecule has 10 heteroatoms. The predicted octanol–water partition coefficient (Wildman–Crippen LogP) is 1.06. The number of rotatable bonds is 15. The van der Waals surface area contributed by atoms with Gasteiger partial charge in [0.15, 0.2) is 0 Å². The van der Waals surface area contributed by atoms with Gasteiger partial charge in [-0.25, -0.2) is 4.79 Å². The lowest BCUT2D eigenvalue weighted by atomic mass is 10.2. The summed E-state index contributed by atoms with van der Waals surface area (Å²) in [5.41, 5.74) is 5.72. The molecule has 10 nitrogen and oxygen atoms in total. The van der Waals surface area contributed by atoms with Crippen molar-refractivity contribution in [1.29, 1.82) is 0 Å². The van der Waals surface area contributed by atoms with E-state index in [1.165, 1.54) is 0 Å². The molecule has 1 aromatic heterocycles. The van der Waals surface area contributed by atoms with Gasteiger partial charge in [0.1, 0.15) is 5.60 Å². The summed E-state index contributed by atoms with van der Waals surface area (Å²) in [6.45, 7) is 10.4. The Kier molecular flexibility index (Phi) is 12.2. The minimum atomic E-state index is -0.498. The van der Waals surface area contributed by atoms with Crippen molar-refractivity contribution >= 4 is 11.8 Å². The minimum absolute atomic E-state index is 0.395. The molecular weight excluding hydrogens is 368 g/mol. The average Bonchev–Trinajstić information content (AvgIpc) is 3.02. The van der Waals surface area contributed by atoms with Gasteiger partial charge in [0.2, 0.25) is 0 Å². The number of ether oxygens (including phenoxy) is 5. The molecule has 0 atom stereocenters. The van der Waals surface area contributed by atoms with Crippen LogP contribution in [0.25, 0.3) is 0 Å². The zero-order valence-electron chi connectivity index (χ0n) is 17.1. The van der Waals surface area contributed by atoms with Crippen molar-refractivity contribution in [3.63, 3.8) is 0 Å². The van der Waals surface area contributed by atoms with Crippen LogP contribution in [-0.2, 0) is 30.2 Å². The number of hydrogen-bond acceptors (Lipinski definition) is 8. The van der Waals surface area contributed by atoms with E-state index in [1.54, 1.807) is 17.1 Å². The zero-order chi connectivity index (χ0) is 20.7. The molecule has 0 bridgehead atoms. The molecule has 0 aliphatic carbocycles. The van der Waals surface area contributed by atoms with Crippen LogP contribution < -0.4 is 11.1 Å². The van der Waals surface area contributed by atoms with E-state index in [4.69, 9.17) is 29.4 Å². The zero-order valence-corrected chi connectivity index (χ0v) is 17.1. The Labute approximate surface area is 166 Å². The fraction of sp³-hybridized carbons (Fsp3) is 0.778. The van der Waals surface area contributed by atoms with Gasteiger partial charge in [-0.15, -0.1) is 0 Å². The van der Waals surface area contributed by atoms with Gasteiger partial charge in [-0.3, -0.25) is 4.68 Å². The van der Waals surface area contributed by atoms with Crippen molar-refractivity contribution in [3.05, 3.63) is 12.4 Å². The Hall–Kier alpha value is -1.88. The largest absolute Gasteiger partial charge is 0.444 e. The van der Waals surface area contributed by atoms with Crippen molar-refractivity contribution in [1.82, 2.24) is 15.1 Å². The summed E-state index contributed by atoms with van der Waals surface area (Å²) < 4.78 is 28.4. The molecular formula is C18H34N4O6. The summed E-state index contributed by atoms with van der Waals surface area (Å²) in [6.07, 6.45) is 2.92. The molecule has 0 saturated carbocycles. The fourth-order valence-electron chi connectivity index (χ4n) is 1.96. The summed E-state index contributed by atoms with van der Waals surface area (Å²) in [7, 11) is 0. The molecule has 0 aromatic carbocycles. The normalized spacial score (nSPS) is 11.5. The molecule has 0 fully saturated rings. The first-order valence-corrected chi connectivity index (χ1v) is 9.42. The molecule has 1 heterocycles. The van der Waals surface area contributed by atoms with Crippen LogP contribution in [0.15, 0.2) is 12.4 Å². The van der Waals surface area contributed by atoms with Crippen LogP contribution in [0.3, 0.4) is 0 Å². The molecule has 1 rings (SSSR count). The number of nitrogens with two attached hydrogens (primary N) is 1. The van der Waals surface area contributed by atoms with E-state index in [0.29, 0.717) is 71.6 Å². The number of alkyl carbamates (subject to hydrolysis) is 1. The quantitative estimate of drug-likeness (QED) is 0.418. The first-order valence-electron chi connectivity index (χ1n) is 9.42. The lowest BCUT2D eigenvalue weighted by molar-refractivity contribution is -0.00273. The average molecular weight is 402 g/mol. The van der Waals surface area contributed by atoms with Crippen LogP contribution in [-0.4, -0.2) is 80.9 Å². The highest BCUT2D eigenvalue weighted by Crippen LogP contribution is 2.06. The third kappa shape index (κ3) is 14.2.